The van der Waals surface area contributed by atoms with Crippen LogP contribution in [0.3, 0.4) is 0 Å². The van der Waals surface area contributed by atoms with Crippen molar-refractivity contribution in [3.63, 3.8) is 0 Å². The number of alkyl halides is 6. The van der Waals surface area contributed by atoms with Gasteiger partial charge in [-0.3, -0.25) is 4.90 Å². The van der Waals surface area contributed by atoms with Gasteiger partial charge in [0.15, 0.2) is 0 Å². The average Bonchev–Trinajstić information content (AvgIpc) is 2.43. The molecule has 2 nitrogen and oxygen atoms in total. The third kappa shape index (κ3) is 7.38. The first kappa shape index (κ1) is 24.6. The Kier molecular flexibility index (Phi) is 9.35. The molecule has 0 aliphatic carbocycles. The van der Waals surface area contributed by atoms with Crippen LogP contribution < -0.4 is 5.32 Å². The number of rotatable bonds is 3. The maximum Gasteiger partial charge on any atom is 0.416 e. The summed E-state index contributed by atoms with van der Waals surface area (Å²) < 4.78 is 77.3. The van der Waals surface area contributed by atoms with Gasteiger partial charge in [0.25, 0.3) is 0 Å². The van der Waals surface area contributed by atoms with Crippen LogP contribution >= 0.6 is 36.4 Å². The molecule has 0 aromatic heterocycles. The SMILES string of the molecule is Cl.Cl.FC(F)(F)C[C@H](c1cc(Cl)cc(C(F)(F)F)c1)N1CCNCC1. The summed E-state index contributed by atoms with van der Waals surface area (Å²) in [6, 6.07) is 1.46. The van der Waals surface area contributed by atoms with Crippen LogP contribution in [0.5, 0.6) is 0 Å². The number of piperazine rings is 1. The topological polar surface area (TPSA) is 15.3 Å². The van der Waals surface area contributed by atoms with Crippen LogP contribution in [0.4, 0.5) is 26.3 Å². The summed E-state index contributed by atoms with van der Waals surface area (Å²) in [6.07, 6.45) is -10.4. The summed E-state index contributed by atoms with van der Waals surface area (Å²) in [4.78, 5) is 1.54. The first-order valence-corrected chi connectivity index (χ1v) is 7.33. The van der Waals surface area contributed by atoms with Gasteiger partial charge < -0.3 is 5.32 Å². The van der Waals surface area contributed by atoms with Crippen molar-refractivity contribution in [1.29, 1.82) is 0 Å². The molecule has 0 unspecified atom stereocenters. The van der Waals surface area contributed by atoms with Crippen LogP contribution in [0.15, 0.2) is 18.2 Å². The van der Waals surface area contributed by atoms with Gasteiger partial charge in [-0.05, 0) is 23.8 Å². The van der Waals surface area contributed by atoms with E-state index in [2.05, 4.69) is 5.32 Å². The van der Waals surface area contributed by atoms with Gasteiger partial charge in [-0.1, -0.05) is 11.6 Å². The predicted molar refractivity (Wildman–Crippen MR) is 88.8 cm³/mol. The number of hydrogen-bond acceptors (Lipinski definition) is 2. The summed E-state index contributed by atoms with van der Waals surface area (Å²) in [5, 5.41) is 2.78. The highest BCUT2D eigenvalue weighted by molar-refractivity contribution is 6.30. The minimum Gasteiger partial charge on any atom is -0.314 e. The first-order valence-electron chi connectivity index (χ1n) is 6.95. The van der Waals surface area contributed by atoms with Crippen LogP contribution in [-0.2, 0) is 6.18 Å². The number of benzene rings is 1. The van der Waals surface area contributed by atoms with Crippen molar-refractivity contribution < 1.29 is 26.3 Å². The lowest BCUT2D eigenvalue weighted by molar-refractivity contribution is -0.148. The van der Waals surface area contributed by atoms with E-state index < -0.39 is 30.4 Å². The lowest BCUT2D eigenvalue weighted by Gasteiger charge is -2.36. The molecule has 0 amide bonds. The van der Waals surface area contributed by atoms with E-state index in [4.69, 9.17) is 11.6 Å². The molecule has 0 saturated carbocycles. The second-order valence-electron chi connectivity index (χ2n) is 5.39. The summed E-state index contributed by atoms with van der Waals surface area (Å²) in [7, 11) is 0. The molecule has 1 fully saturated rings. The Morgan fingerprint density at radius 3 is 2.04 bits per heavy atom. The molecule has 0 bridgehead atoms. The van der Waals surface area contributed by atoms with Gasteiger partial charge in [0.2, 0.25) is 0 Å². The van der Waals surface area contributed by atoms with Crippen molar-refractivity contribution in [2.24, 2.45) is 0 Å². The van der Waals surface area contributed by atoms with Gasteiger partial charge in [0.1, 0.15) is 0 Å². The van der Waals surface area contributed by atoms with Crippen molar-refractivity contribution >= 4 is 36.4 Å². The molecule has 146 valence electrons. The smallest absolute Gasteiger partial charge is 0.314 e. The Labute approximate surface area is 158 Å². The van der Waals surface area contributed by atoms with E-state index in [1.165, 1.54) is 11.0 Å². The Balaban J connectivity index is 0.00000288. The molecule has 1 aliphatic heterocycles. The van der Waals surface area contributed by atoms with E-state index in [0.29, 0.717) is 32.2 Å². The molecule has 0 radical (unpaired) electrons. The van der Waals surface area contributed by atoms with Gasteiger partial charge in [-0.2, -0.15) is 26.3 Å². The van der Waals surface area contributed by atoms with Gasteiger partial charge in [0, 0.05) is 37.2 Å². The largest absolute Gasteiger partial charge is 0.416 e. The molecule has 11 heteroatoms. The summed E-state index contributed by atoms with van der Waals surface area (Å²) in [5.41, 5.74) is -1.11. The van der Waals surface area contributed by atoms with E-state index in [0.717, 1.165) is 6.07 Å². The molecule has 25 heavy (non-hydrogen) atoms. The molecule has 1 atom stereocenters. The zero-order chi connectivity index (χ0) is 17.3. The molecule has 1 saturated heterocycles. The van der Waals surface area contributed by atoms with Crippen LogP contribution in [-0.4, -0.2) is 37.3 Å². The minimum atomic E-state index is -4.66. The van der Waals surface area contributed by atoms with Crippen molar-refractivity contribution in [3.05, 3.63) is 34.3 Å². The molecule has 1 aliphatic rings. The summed E-state index contributed by atoms with van der Waals surface area (Å²) in [5.74, 6) is 0. The van der Waals surface area contributed by atoms with E-state index in [-0.39, 0.29) is 35.4 Å². The van der Waals surface area contributed by atoms with Gasteiger partial charge in [0.05, 0.1) is 12.0 Å². The van der Waals surface area contributed by atoms with Crippen LogP contribution in [0, 0.1) is 0 Å². The van der Waals surface area contributed by atoms with Gasteiger partial charge in [-0.15, -0.1) is 24.8 Å². The second-order valence-corrected chi connectivity index (χ2v) is 5.83. The lowest BCUT2D eigenvalue weighted by atomic mass is 9.98. The molecular formula is C14H17Cl3F6N2. The van der Waals surface area contributed by atoms with Crippen molar-refractivity contribution in [2.75, 3.05) is 26.2 Å². The molecule has 2 rings (SSSR count). The lowest BCUT2D eigenvalue weighted by Crippen LogP contribution is -2.46. The van der Waals surface area contributed by atoms with Crippen molar-refractivity contribution in [2.45, 2.75) is 24.8 Å². The highest BCUT2D eigenvalue weighted by Gasteiger charge is 2.38. The van der Waals surface area contributed by atoms with Crippen molar-refractivity contribution in [1.82, 2.24) is 10.2 Å². The summed E-state index contributed by atoms with van der Waals surface area (Å²) >= 11 is 5.70. The summed E-state index contributed by atoms with van der Waals surface area (Å²) in [6.45, 7) is 1.63. The maximum atomic E-state index is 12.9. The Hall–Kier alpha value is -0.410. The second kappa shape index (κ2) is 9.50. The molecule has 1 heterocycles. The van der Waals surface area contributed by atoms with E-state index in [1.54, 1.807) is 0 Å². The number of halogens is 9. The van der Waals surface area contributed by atoms with Crippen molar-refractivity contribution in [3.8, 4) is 0 Å². The van der Waals surface area contributed by atoms with E-state index in [1.807, 2.05) is 0 Å². The van der Waals surface area contributed by atoms with E-state index >= 15 is 0 Å². The van der Waals surface area contributed by atoms with E-state index in [9.17, 15) is 26.3 Å². The highest BCUT2D eigenvalue weighted by atomic mass is 35.5. The number of hydrogen-bond donors (Lipinski definition) is 1. The highest BCUT2D eigenvalue weighted by Crippen LogP contribution is 2.38. The first-order chi connectivity index (χ1) is 10.6. The molecule has 1 aromatic carbocycles. The Morgan fingerprint density at radius 2 is 1.56 bits per heavy atom. The quantitative estimate of drug-likeness (QED) is 0.667. The molecule has 0 spiro atoms. The van der Waals surface area contributed by atoms with Crippen LogP contribution in [0.25, 0.3) is 0 Å². The number of nitrogens with zero attached hydrogens (tertiary/aromatic N) is 1. The van der Waals surface area contributed by atoms with Crippen LogP contribution in [0.2, 0.25) is 5.02 Å². The monoisotopic (exact) mass is 432 g/mol. The van der Waals surface area contributed by atoms with Gasteiger partial charge in [-0.25, -0.2) is 0 Å². The normalized spacial score (nSPS) is 17.4. The predicted octanol–water partition coefficient (Wildman–Crippen LogP) is 5.10. The maximum absolute atomic E-state index is 12.9. The molecule has 1 aromatic rings. The zero-order valence-corrected chi connectivity index (χ0v) is 15.1. The number of nitrogens with one attached hydrogen (secondary N) is 1. The average molecular weight is 434 g/mol. The van der Waals surface area contributed by atoms with Crippen LogP contribution in [0.1, 0.15) is 23.6 Å². The third-order valence-corrected chi connectivity index (χ3v) is 3.87. The fourth-order valence-electron chi connectivity index (χ4n) is 2.64. The van der Waals surface area contributed by atoms with Gasteiger partial charge >= 0.3 is 12.4 Å². The molecular weight excluding hydrogens is 417 g/mol. The Morgan fingerprint density at radius 1 is 1.00 bits per heavy atom. The standard InChI is InChI=1S/C14H15ClF6N2.2ClH/c15-11-6-9(5-10(7-11)14(19,20)21)12(8-13(16,17)18)23-3-1-22-2-4-23;;/h5-7,12,22H,1-4,8H2;2*1H/t12-;;/m1../s1. The minimum absolute atomic E-state index is 0. The fourth-order valence-corrected chi connectivity index (χ4v) is 2.88. The molecule has 1 N–H and O–H groups in total. The zero-order valence-electron chi connectivity index (χ0n) is 12.8. The third-order valence-electron chi connectivity index (χ3n) is 3.65. The fraction of sp³-hybridized carbons (Fsp3) is 0.571. The Bertz CT molecular complexity index is 544.